The zero-order chi connectivity index (χ0) is 23.5. The van der Waals surface area contributed by atoms with Gasteiger partial charge in [-0.3, -0.25) is 9.88 Å². The topological polar surface area (TPSA) is 91.0 Å². The highest BCUT2D eigenvalue weighted by molar-refractivity contribution is 5.83. The number of β-amino-alcohol motifs (C(OH)–C–C–N with tert-alkyl or cyclic N) is 1. The first-order chi connectivity index (χ1) is 16.6. The second-order valence-electron chi connectivity index (χ2n) is 8.98. The summed E-state index contributed by atoms with van der Waals surface area (Å²) in [4.78, 5) is 6.60. The average molecular weight is 462 g/mol. The number of para-hydroxylation sites is 1. The van der Waals surface area contributed by atoms with Crippen molar-refractivity contribution in [1.29, 1.82) is 0 Å². The van der Waals surface area contributed by atoms with Crippen molar-refractivity contribution in [2.75, 3.05) is 26.8 Å². The molecule has 0 amide bonds. The molecule has 2 aromatic heterocycles. The molecule has 0 aliphatic carbocycles. The van der Waals surface area contributed by atoms with Crippen LogP contribution < -0.4 is 10.1 Å². The molecule has 7 heteroatoms. The zero-order valence-electron chi connectivity index (χ0n) is 19.4. The van der Waals surface area contributed by atoms with Gasteiger partial charge in [-0.1, -0.05) is 18.2 Å². The number of aliphatic hydroxyl groups excluding tert-OH is 2. The summed E-state index contributed by atoms with van der Waals surface area (Å²) >= 11 is 0. The lowest BCUT2D eigenvalue weighted by atomic mass is 9.95. The molecule has 3 heterocycles. The summed E-state index contributed by atoms with van der Waals surface area (Å²) in [6.45, 7) is 1.97. The number of pyridine rings is 1. The van der Waals surface area contributed by atoms with E-state index in [0.29, 0.717) is 13.1 Å². The summed E-state index contributed by atoms with van der Waals surface area (Å²) in [6, 6.07) is 17.9. The highest BCUT2D eigenvalue weighted by Gasteiger charge is 2.30. The fraction of sp³-hybridized carbons (Fsp3) is 0.370. The predicted molar refractivity (Wildman–Crippen MR) is 132 cm³/mol. The molecule has 0 radical (unpaired) electrons. The molecule has 5 rings (SSSR count). The van der Waals surface area contributed by atoms with Crippen LogP contribution in [0.2, 0.25) is 0 Å². The third kappa shape index (κ3) is 4.79. The maximum absolute atomic E-state index is 11.1. The molecule has 4 aromatic rings. The smallest absolute Gasteiger partial charge is 0.134 e. The van der Waals surface area contributed by atoms with Gasteiger partial charge in [0.2, 0.25) is 0 Å². The number of methoxy groups -OCH3 is 1. The summed E-state index contributed by atoms with van der Waals surface area (Å²) in [6.07, 6.45) is 2.79. The van der Waals surface area contributed by atoms with Gasteiger partial charge in [0.15, 0.2) is 0 Å². The van der Waals surface area contributed by atoms with Crippen LogP contribution in [0.5, 0.6) is 5.75 Å². The summed E-state index contributed by atoms with van der Waals surface area (Å²) in [7, 11) is 1.63. The van der Waals surface area contributed by atoms with Crippen LogP contribution in [-0.4, -0.2) is 59.0 Å². The number of piperidine rings is 1. The monoisotopic (exact) mass is 461 g/mol. The number of hydrogen-bond acceptors (Lipinski definition) is 7. The molecule has 34 heavy (non-hydrogen) atoms. The van der Waals surface area contributed by atoms with Crippen molar-refractivity contribution >= 4 is 21.9 Å². The lowest BCUT2D eigenvalue weighted by molar-refractivity contribution is 0.0322. The minimum absolute atomic E-state index is 0.0146. The normalized spacial score (nSPS) is 20.1. The summed E-state index contributed by atoms with van der Waals surface area (Å²) < 4.78 is 11.3. The molecule has 2 unspecified atom stereocenters. The molecular formula is C27H31N3O4. The van der Waals surface area contributed by atoms with E-state index in [1.165, 1.54) is 0 Å². The number of fused-ring (bicyclic) bond motifs is 2. The largest absolute Gasteiger partial charge is 0.497 e. The van der Waals surface area contributed by atoms with E-state index in [1.807, 2.05) is 42.5 Å². The molecule has 0 spiro atoms. The van der Waals surface area contributed by atoms with Crippen LogP contribution in [0.4, 0.5) is 0 Å². The Morgan fingerprint density at radius 2 is 2.09 bits per heavy atom. The number of rotatable bonds is 8. The van der Waals surface area contributed by atoms with Gasteiger partial charge >= 0.3 is 0 Å². The zero-order valence-corrected chi connectivity index (χ0v) is 19.4. The number of likely N-dealkylation sites (tertiary alicyclic amines) is 1. The maximum Gasteiger partial charge on any atom is 0.134 e. The number of benzene rings is 2. The Bertz CT molecular complexity index is 1220. The van der Waals surface area contributed by atoms with Crippen LogP contribution in [0.25, 0.3) is 21.9 Å². The van der Waals surface area contributed by atoms with Crippen molar-refractivity contribution in [1.82, 2.24) is 15.2 Å². The van der Waals surface area contributed by atoms with Crippen molar-refractivity contribution in [3.05, 3.63) is 72.1 Å². The number of furan rings is 1. The first-order valence-corrected chi connectivity index (χ1v) is 11.8. The van der Waals surface area contributed by atoms with Gasteiger partial charge in [-0.05, 0) is 54.8 Å². The second-order valence-corrected chi connectivity index (χ2v) is 8.98. The van der Waals surface area contributed by atoms with Gasteiger partial charge in [-0.15, -0.1) is 0 Å². The average Bonchev–Trinajstić information content (AvgIpc) is 3.30. The van der Waals surface area contributed by atoms with Gasteiger partial charge in [0.05, 0.1) is 31.9 Å². The van der Waals surface area contributed by atoms with Crippen molar-refractivity contribution in [3.63, 3.8) is 0 Å². The van der Waals surface area contributed by atoms with E-state index >= 15 is 0 Å². The maximum atomic E-state index is 11.1. The SMILES string of the molecule is COc1ccc2nccc([C@@H](O)CN3CCC(NCc4cc5ccccc5o4)CC3CO)c2c1. The van der Waals surface area contributed by atoms with E-state index in [2.05, 4.69) is 27.3 Å². The molecule has 2 aromatic carbocycles. The lowest BCUT2D eigenvalue weighted by Gasteiger charge is -2.40. The molecule has 1 fully saturated rings. The molecule has 1 aliphatic heterocycles. The third-order valence-corrected chi connectivity index (χ3v) is 6.84. The van der Waals surface area contributed by atoms with E-state index in [4.69, 9.17) is 9.15 Å². The lowest BCUT2D eigenvalue weighted by Crippen LogP contribution is -2.51. The summed E-state index contributed by atoms with van der Waals surface area (Å²) in [5.41, 5.74) is 2.55. The number of ether oxygens (including phenoxy) is 1. The molecule has 0 saturated carbocycles. The minimum Gasteiger partial charge on any atom is -0.497 e. The van der Waals surface area contributed by atoms with E-state index in [1.54, 1.807) is 13.3 Å². The fourth-order valence-corrected chi connectivity index (χ4v) is 4.97. The van der Waals surface area contributed by atoms with E-state index in [-0.39, 0.29) is 18.7 Å². The number of aliphatic hydroxyl groups is 2. The van der Waals surface area contributed by atoms with Crippen LogP contribution in [-0.2, 0) is 6.54 Å². The summed E-state index contributed by atoms with van der Waals surface area (Å²) in [5, 5.41) is 26.8. The number of nitrogens with one attached hydrogen (secondary N) is 1. The standard InChI is InChI=1S/C27H31N3O4/c1-33-21-6-7-25-24(14-21)23(8-10-28-25)26(32)16-30-11-9-19(13-20(30)17-31)29-15-22-12-18-4-2-3-5-27(18)34-22/h2-8,10,12,14,19-20,26,29,31-32H,9,11,13,15-17H2,1H3/t19?,20?,26-/m0/s1. The van der Waals surface area contributed by atoms with E-state index in [0.717, 1.165) is 58.3 Å². The van der Waals surface area contributed by atoms with Crippen LogP contribution in [0, 0.1) is 0 Å². The first kappa shape index (κ1) is 22.8. The van der Waals surface area contributed by atoms with Crippen molar-refractivity contribution in [2.24, 2.45) is 0 Å². The quantitative estimate of drug-likeness (QED) is 0.369. The predicted octanol–water partition coefficient (Wildman–Crippen LogP) is 3.64. The van der Waals surface area contributed by atoms with Gasteiger partial charge in [-0.2, -0.15) is 0 Å². The van der Waals surface area contributed by atoms with E-state index in [9.17, 15) is 10.2 Å². The Balaban J connectivity index is 1.22. The Labute approximate surface area is 199 Å². The molecule has 1 aliphatic rings. The highest BCUT2D eigenvalue weighted by atomic mass is 16.5. The Kier molecular flexibility index (Phi) is 6.78. The fourth-order valence-electron chi connectivity index (χ4n) is 4.97. The Morgan fingerprint density at radius 3 is 2.91 bits per heavy atom. The van der Waals surface area contributed by atoms with E-state index < -0.39 is 6.10 Å². The van der Waals surface area contributed by atoms with Gasteiger partial charge < -0.3 is 24.7 Å². The molecule has 1 saturated heterocycles. The minimum atomic E-state index is -0.688. The molecule has 7 nitrogen and oxygen atoms in total. The van der Waals surface area contributed by atoms with Gasteiger partial charge in [-0.25, -0.2) is 0 Å². The van der Waals surface area contributed by atoms with Crippen LogP contribution >= 0.6 is 0 Å². The molecular weight excluding hydrogens is 430 g/mol. The number of hydrogen-bond donors (Lipinski definition) is 3. The Morgan fingerprint density at radius 1 is 1.21 bits per heavy atom. The van der Waals surface area contributed by atoms with Crippen LogP contribution in [0.3, 0.4) is 0 Å². The second kappa shape index (κ2) is 10.1. The first-order valence-electron chi connectivity index (χ1n) is 11.8. The highest BCUT2D eigenvalue weighted by Crippen LogP contribution is 2.29. The van der Waals surface area contributed by atoms with Gasteiger partial charge in [0, 0.05) is 42.1 Å². The van der Waals surface area contributed by atoms with Crippen LogP contribution in [0.1, 0.15) is 30.3 Å². The third-order valence-electron chi connectivity index (χ3n) is 6.84. The van der Waals surface area contributed by atoms with Gasteiger partial charge in [0.1, 0.15) is 17.1 Å². The van der Waals surface area contributed by atoms with Crippen LogP contribution in [0.15, 0.2) is 65.2 Å². The van der Waals surface area contributed by atoms with Gasteiger partial charge in [0.25, 0.3) is 0 Å². The molecule has 0 bridgehead atoms. The van der Waals surface area contributed by atoms with Crippen molar-refractivity contribution in [2.45, 2.75) is 37.6 Å². The number of aromatic nitrogens is 1. The van der Waals surface area contributed by atoms with Crippen molar-refractivity contribution in [3.8, 4) is 5.75 Å². The number of nitrogens with zero attached hydrogens (tertiary/aromatic N) is 2. The van der Waals surface area contributed by atoms with Crippen molar-refractivity contribution < 1.29 is 19.4 Å². The molecule has 3 atom stereocenters. The Hall–Kier alpha value is -2.97. The molecule has 178 valence electrons. The molecule has 3 N–H and O–H groups in total. The summed E-state index contributed by atoms with van der Waals surface area (Å²) in [5.74, 6) is 1.65.